The van der Waals surface area contributed by atoms with Crippen LogP contribution in [0, 0.1) is 0 Å². The molecule has 3 nitrogen and oxygen atoms in total. The van der Waals surface area contributed by atoms with Crippen molar-refractivity contribution in [2.24, 2.45) is 0 Å². The van der Waals surface area contributed by atoms with Gasteiger partial charge >= 0.3 is 0 Å². The van der Waals surface area contributed by atoms with Crippen molar-refractivity contribution >= 4 is 0 Å². The molecule has 3 heteroatoms. The van der Waals surface area contributed by atoms with Crippen molar-refractivity contribution in [1.29, 1.82) is 0 Å². The maximum Gasteiger partial charge on any atom is 0.124 e. The second kappa shape index (κ2) is 5.32. The Morgan fingerprint density at radius 3 is 2.94 bits per heavy atom. The van der Waals surface area contributed by atoms with Crippen LogP contribution in [0.15, 0.2) is 24.3 Å². The highest BCUT2D eigenvalue weighted by Gasteiger charge is 2.26. The summed E-state index contributed by atoms with van der Waals surface area (Å²) in [5.74, 6) is 0.820. The van der Waals surface area contributed by atoms with E-state index in [1.807, 2.05) is 24.3 Å². The second-order valence-corrected chi connectivity index (χ2v) is 4.23. The van der Waals surface area contributed by atoms with Crippen molar-refractivity contribution in [2.75, 3.05) is 7.11 Å². The Labute approximate surface area is 96.0 Å². The van der Waals surface area contributed by atoms with Crippen LogP contribution in [-0.4, -0.2) is 24.4 Å². The smallest absolute Gasteiger partial charge is 0.124 e. The monoisotopic (exact) mass is 222 g/mol. The first-order valence-corrected chi connectivity index (χ1v) is 5.72. The summed E-state index contributed by atoms with van der Waals surface area (Å²) in [5.41, 5.74) is 1.09. The molecule has 0 aromatic heterocycles. The summed E-state index contributed by atoms with van der Waals surface area (Å²) in [6.07, 6.45) is 2.48. The lowest BCUT2D eigenvalue weighted by molar-refractivity contribution is 0.0602. The zero-order chi connectivity index (χ0) is 11.4. The molecule has 0 aliphatic heterocycles. The molecule has 1 saturated carbocycles. The number of benzene rings is 1. The van der Waals surface area contributed by atoms with E-state index < -0.39 is 0 Å². The van der Waals surface area contributed by atoms with Crippen LogP contribution in [0.4, 0.5) is 0 Å². The summed E-state index contributed by atoms with van der Waals surface area (Å²) < 4.78 is 10.8. The zero-order valence-corrected chi connectivity index (χ0v) is 9.56. The summed E-state index contributed by atoms with van der Waals surface area (Å²) >= 11 is 0. The molecule has 16 heavy (non-hydrogen) atoms. The topological polar surface area (TPSA) is 38.7 Å². The van der Waals surface area contributed by atoms with E-state index in [0.29, 0.717) is 6.61 Å². The molecule has 88 valence electrons. The summed E-state index contributed by atoms with van der Waals surface area (Å²) in [5, 5.41) is 9.67. The normalized spacial score (nSPS) is 24.6. The molecule has 0 unspecified atom stereocenters. The highest BCUT2D eigenvalue weighted by molar-refractivity contribution is 5.28. The fourth-order valence-electron chi connectivity index (χ4n) is 2.09. The highest BCUT2D eigenvalue weighted by Crippen LogP contribution is 2.25. The summed E-state index contributed by atoms with van der Waals surface area (Å²) in [4.78, 5) is 0. The van der Waals surface area contributed by atoms with Gasteiger partial charge in [-0.15, -0.1) is 0 Å². The molecule has 1 N–H and O–H groups in total. The Bertz CT molecular complexity index is 338. The van der Waals surface area contributed by atoms with Gasteiger partial charge in [-0.2, -0.15) is 0 Å². The lowest BCUT2D eigenvalue weighted by Gasteiger charge is -2.17. The SMILES string of the molecule is COCc1cccc(O[C@@H]2CCC[C@H]2O)c1. The minimum Gasteiger partial charge on any atom is -0.488 e. The molecule has 1 aliphatic rings. The maximum absolute atomic E-state index is 9.67. The van der Waals surface area contributed by atoms with Crippen LogP contribution >= 0.6 is 0 Å². The third-order valence-corrected chi connectivity index (χ3v) is 2.91. The number of rotatable bonds is 4. The zero-order valence-electron chi connectivity index (χ0n) is 9.56. The largest absolute Gasteiger partial charge is 0.488 e. The van der Waals surface area contributed by atoms with Crippen LogP contribution in [0.2, 0.25) is 0 Å². The standard InChI is InChI=1S/C13H18O3/c1-15-9-10-4-2-5-11(8-10)16-13-7-3-6-12(13)14/h2,4-5,8,12-14H,3,6-7,9H2,1H3/t12-,13-/m1/s1. The quantitative estimate of drug-likeness (QED) is 0.848. The van der Waals surface area contributed by atoms with Gasteiger partial charge in [-0.3, -0.25) is 0 Å². The van der Waals surface area contributed by atoms with Gasteiger partial charge in [0.05, 0.1) is 12.7 Å². The summed E-state index contributed by atoms with van der Waals surface area (Å²) in [6.45, 7) is 0.588. The van der Waals surface area contributed by atoms with Crippen LogP contribution in [0.3, 0.4) is 0 Å². The number of aliphatic hydroxyl groups is 1. The molecule has 0 spiro atoms. The van der Waals surface area contributed by atoms with Crippen molar-refractivity contribution in [2.45, 2.75) is 38.1 Å². The first-order chi connectivity index (χ1) is 7.79. The molecule has 0 bridgehead atoms. The molecule has 1 aliphatic carbocycles. The van der Waals surface area contributed by atoms with Gasteiger partial charge in [0.25, 0.3) is 0 Å². The van der Waals surface area contributed by atoms with Crippen LogP contribution < -0.4 is 4.74 Å². The molecule has 0 amide bonds. The van der Waals surface area contributed by atoms with Crippen LogP contribution in [0.1, 0.15) is 24.8 Å². The average Bonchev–Trinajstić information content (AvgIpc) is 2.66. The van der Waals surface area contributed by atoms with Crippen molar-refractivity contribution in [3.8, 4) is 5.75 Å². The van der Waals surface area contributed by atoms with Gasteiger partial charge in [0.15, 0.2) is 0 Å². The molecular formula is C13H18O3. The van der Waals surface area contributed by atoms with E-state index in [-0.39, 0.29) is 12.2 Å². The number of ether oxygens (including phenoxy) is 2. The van der Waals surface area contributed by atoms with Gasteiger partial charge < -0.3 is 14.6 Å². The van der Waals surface area contributed by atoms with Crippen molar-refractivity contribution in [3.05, 3.63) is 29.8 Å². The van der Waals surface area contributed by atoms with Gasteiger partial charge in [0.2, 0.25) is 0 Å². The molecule has 1 aromatic carbocycles. The first kappa shape index (κ1) is 11.4. The Balaban J connectivity index is 2.00. The summed E-state index contributed by atoms with van der Waals surface area (Å²) in [6, 6.07) is 7.84. The fourth-order valence-corrected chi connectivity index (χ4v) is 2.09. The van der Waals surface area contributed by atoms with Gasteiger partial charge in [-0.05, 0) is 37.0 Å². The van der Waals surface area contributed by atoms with E-state index >= 15 is 0 Å². The maximum atomic E-state index is 9.67. The lowest BCUT2D eigenvalue weighted by atomic mass is 10.2. The number of aliphatic hydroxyl groups excluding tert-OH is 1. The van der Waals surface area contributed by atoms with Crippen molar-refractivity contribution in [3.63, 3.8) is 0 Å². The number of methoxy groups -OCH3 is 1. The predicted octanol–water partition coefficient (Wildman–Crippen LogP) is 2.13. The fraction of sp³-hybridized carbons (Fsp3) is 0.538. The van der Waals surface area contributed by atoms with E-state index in [1.165, 1.54) is 0 Å². The highest BCUT2D eigenvalue weighted by atomic mass is 16.5. The third-order valence-electron chi connectivity index (χ3n) is 2.91. The molecule has 0 radical (unpaired) electrons. The van der Waals surface area contributed by atoms with E-state index in [9.17, 15) is 5.11 Å². The Morgan fingerprint density at radius 1 is 1.38 bits per heavy atom. The van der Waals surface area contributed by atoms with Crippen LogP contribution in [-0.2, 0) is 11.3 Å². The molecule has 0 saturated heterocycles. The Kier molecular flexibility index (Phi) is 3.80. The minimum absolute atomic E-state index is 0.0437. The van der Waals surface area contributed by atoms with E-state index in [2.05, 4.69) is 0 Å². The Hall–Kier alpha value is -1.06. The lowest BCUT2D eigenvalue weighted by Crippen LogP contribution is -2.25. The minimum atomic E-state index is -0.314. The molecule has 2 rings (SSSR count). The molecule has 2 atom stereocenters. The number of hydrogen-bond donors (Lipinski definition) is 1. The van der Waals surface area contributed by atoms with E-state index in [0.717, 1.165) is 30.6 Å². The van der Waals surface area contributed by atoms with Gasteiger partial charge in [0.1, 0.15) is 11.9 Å². The molecule has 1 fully saturated rings. The predicted molar refractivity (Wildman–Crippen MR) is 61.4 cm³/mol. The summed E-state index contributed by atoms with van der Waals surface area (Å²) in [7, 11) is 1.67. The van der Waals surface area contributed by atoms with Gasteiger partial charge in [-0.25, -0.2) is 0 Å². The number of hydrogen-bond acceptors (Lipinski definition) is 3. The third kappa shape index (κ3) is 2.74. The molecular weight excluding hydrogens is 204 g/mol. The van der Waals surface area contributed by atoms with Crippen LogP contribution in [0.25, 0.3) is 0 Å². The van der Waals surface area contributed by atoms with Crippen molar-refractivity contribution < 1.29 is 14.6 Å². The van der Waals surface area contributed by atoms with E-state index in [1.54, 1.807) is 7.11 Å². The van der Waals surface area contributed by atoms with Crippen LogP contribution in [0.5, 0.6) is 5.75 Å². The first-order valence-electron chi connectivity index (χ1n) is 5.72. The van der Waals surface area contributed by atoms with E-state index in [4.69, 9.17) is 9.47 Å². The molecule has 0 heterocycles. The Morgan fingerprint density at radius 2 is 2.25 bits per heavy atom. The van der Waals surface area contributed by atoms with Gasteiger partial charge in [0, 0.05) is 7.11 Å². The molecule has 1 aromatic rings. The average molecular weight is 222 g/mol. The second-order valence-electron chi connectivity index (χ2n) is 4.23. The van der Waals surface area contributed by atoms with Gasteiger partial charge in [-0.1, -0.05) is 12.1 Å². The van der Waals surface area contributed by atoms with Crippen molar-refractivity contribution in [1.82, 2.24) is 0 Å².